The molecule has 0 atom stereocenters. The number of benzene rings is 1. The van der Waals surface area contributed by atoms with Gasteiger partial charge in [0.1, 0.15) is 0 Å². The molecular weight excluding hydrogens is 272 g/mol. The zero-order chi connectivity index (χ0) is 14.9. The third-order valence-corrected chi connectivity index (χ3v) is 4.71. The Morgan fingerprint density at radius 1 is 1.20 bits per heavy atom. The van der Waals surface area contributed by atoms with Crippen molar-refractivity contribution in [2.75, 3.05) is 5.75 Å². The van der Waals surface area contributed by atoms with Gasteiger partial charge in [-0.2, -0.15) is 0 Å². The van der Waals surface area contributed by atoms with Gasteiger partial charge < -0.3 is 0 Å². The lowest BCUT2D eigenvalue weighted by Crippen LogP contribution is -2.08. The van der Waals surface area contributed by atoms with Crippen LogP contribution in [0, 0.1) is 27.7 Å². The summed E-state index contributed by atoms with van der Waals surface area (Å²) in [7, 11) is 1.76. The normalized spacial score (nSPS) is 10.8. The fraction of sp³-hybridized carbons (Fsp3) is 0.429. The first-order valence-electron chi connectivity index (χ1n) is 6.37. The molecule has 0 aliphatic carbocycles. The molecule has 0 saturated heterocycles. The second kappa shape index (κ2) is 5.75. The fourth-order valence-corrected chi connectivity index (χ4v) is 2.79. The number of thioether (sulfide) groups is 1. The van der Waals surface area contributed by atoms with Gasteiger partial charge in [-0.25, -0.2) is 4.68 Å². The van der Waals surface area contributed by atoms with Crippen molar-refractivity contribution in [3.05, 3.63) is 33.9 Å². The Bertz CT molecular complexity index is 663. The second-order valence-corrected chi connectivity index (χ2v) is 5.86. The molecule has 0 amide bonds. The van der Waals surface area contributed by atoms with Crippen LogP contribution in [0.3, 0.4) is 0 Å². The summed E-state index contributed by atoms with van der Waals surface area (Å²) in [6.45, 7) is 8.20. The Hall–Kier alpha value is -1.69. The maximum absolute atomic E-state index is 12.4. The molecule has 0 unspecified atom stereocenters. The molecule has 2 rings (SSSR count). The van der Waals surface area contributed by atoms with E-state index in [1.165, 1.54) is 22.9 Å². The molecule has 6 heteroatoms. The van der Waals surface area contributed by atoms with Crippen molar-refractivity contribution in [1.29, 1.82) is 0 Å². The van der Waals surface area contributed by atoms with Crippen LogP contribution >= 0.6 is 11.8 Å². The highest BCUT2D eigenvalue weighted by Crippen LogP contribution is 2.23. The number of tetrazole rings is 1. The maximum atomic E-state index is 12.4. The highest BCUT2D eigenvalue weighted by molar-refractivity contribution is 7.99. The van der Waals surface area contributed by atoms with E-state index in [2.05, 4.69) is 29.4 Å². The number of carbonyl (C=O) groups excluding carboxylic acids is 1. The van der Waals surface area contributed by atoms with Crippen LogP contribution in [0.1, 0.15) is 32.6 Å². The zero-order valence-corrected chi connectivity index (χ0v) is 13.2. The standard InChI is InChI=1S/C14H18N4OS/c1-8-6-12(11(4)10(3)9(8)2)13(19)7-20-14-15-16-17-18(14)5/h6H,7H2,1-5H3. The van der Waals surface area contributed by atoms with E-state index < -0.39 is 0 Å². The monoisotopic (exact) mass is 290 g/mol. The van der Waals surface area contributed by atoms with Crippen molar-refractivity contribution < 1.29 is 4.79 Å². The molecule has 1 heterocycles. The summed E-state index contributed by atoms with van der Waals surface area (Å²) in [5.74, 6) is 0.457. The molecule has 0 aliphatic heterocycles. The van der Waals surface area contributed by atoms with E-state index in [0.717, 1.165) is 16.7 Å². The van der Waals surface area contributed by atoms with Crippen molar-refractivity contribution in [2.45, 2.75) is 32.9 Å². The van der Waals surface area contributed by atoms with Crippen molar-refractivity contribution in [3.63, 3.8) is 0 Å². The number of Topliss-reactive ketones (excluding diaryl/α,β-unsaturated/α-hetero) is 1. The van der Waals surface area contributed by atoms with Gasteiger partial charge in [-0.15, -0.1) is 5.10 Å². The molecule has 0 saturated carbocycles. The summed E-state index contributed by atoms with van der Waals surface area (Å²) in [6, 6.07) is 1.98. The fourth-order valence-electron chi connectivity index (χ4n) is 2.05. The summed E-state index contributed by atoms with van der Waals surface area (Å²) in [6.07, 6.45) is 0. The summed E-state index contributed by atoms with van der Waals surface area (Å²) >= 11 is 1.36. The number of nitrogens with zero attached hydrogens (tertiary/aromatic N) is 4. The van der Waals surface area contributed by atoms with Gasteiger partial charge in [-0.3, -0.25) is 4.79 Å². The minimum Gasteiger partial charge on any atom is -0.293 e. The number of hydrogen-bond acceptors (Lipinski definition) is 5. The molecule has 0 bridgehead atoms. The Balaban J connectivity index is 2.20. The van der Waals surface area contributed by atoms with E-state index in [1.807, 2.05) is 19.9 Å². The van der Waals surface area contributed by atoms with Gasteiger partial charge >= 0.3 is 0 Å². The molecule has 0 N–H and O–H groups in total. The van der Waals surface area contributed by atoms with Gasteiger partial charge in [0, 0.05) is 12.6 Å². The molecule has 0 fully saturated rings. The number of hydrogen-bond donors (Lipinski definition) is 0. The zero-order valence-electron chi connectivity index (χ0n) is 12.4. The minimum absolute atomic E-state index is 0.113. The number of carbonyl (C=O) groups is 1. The summed E-state index contributed by atoms with van der Waals surface area (Å²) in [5.41, 5.74) is 5.47. The molecule has 2 aromatic rings. The van der Waals surface area contributed by atoms with E-state index in [9.17, 15) is 4.79 Å². The third kappa shape index (κ3) is 2.75. The van der Waals surface area contributed by atoms with Crippen molar-refractivity contribution in [3.8, 4) is 0 Å². The van der Waals surface area contributed by atoms with Gasteiger partial charge in [0.15, 0.2) is 5.78 Å². The van der Waals surface area contributed by atoms with Gasteiger partial charge in [0.05, 0.1) is 5.75 Å². The lowest BCUT2D eigenvalue weighted by molar-refractivity contribution is 0.102. The van der Waals surface area contributed by atoms with Gasteiger partial charge in [-0.05, 0) is 66.4 Å². The van der Waals surface area contributed by atoms with Crippen LogP contribution < -0.4 is 0 Å². The summed E-state index contributed by atoms with van der Waals surface area (Å²) in [5, 5.41) is 11.8. The van der Waals surface area contributed by atoms with Crippen molar-refractivity contribution >= 4 is 17.5 Å². The van der Waals surface area contributed by atoms with E-state index in [0.29, 0.717) is 10.9 Å². The Morgan fingerprint density at radius 3 is 2.50 bits per heavy atom. The molecule has 0 radical (unpaired) electrons. The topological polar surface area (TPSA) is 60.7 Å². The van der Waals surface area contributed by atoms with Gasteiger partial charge in [-0.1, -0.05) is 11.8 Å². The van der Waals surface area contributed by atoms with Gasteiger partial charge in [0.2, 0.25) is 5.16 Å². The Labute approximate surface area is 122 Å². The van der Waals surface area contributed by atoms with Crippen LogP contribution in [0.4, 0.5) is 0 Å². The molecule has 20 heavy (non-hydrogen) atoms. The van der Waals surface area contributed by atoms with Crippen LogP contribution in [0.15, 0.2) is 11.2 Å². The number of aryl methyl sites for hydroxylation is 2. The predicted octanol–water partition coefficient (Wildman–Crippen LogP) is 2.42. The Morgan fingerprint density at radius 2 is 1.90 bits per heavy atom. The molecular formula is C14H18N4OS. The van der Waals surface area contributed by atoms with Crippen LogP contribution in [0.2, 0.25) is 0 Å². The average molecular weight is 290 g/mol. The number of rotatable bonds is 4. The minimum atomic E-state index is 0.113. The van der Waals surface area contributed by atoms with E-state index in [1.54, 1.807) is 11.7 Å². The molecule has 1 aromatic heterocycles. The number of aromatic nitrogens is 4. The largest absolute Gasteiger partial charge is 0.293 e. The molecule has 106 valence electrons. The highest BCUT2D eigenvalue weighted by Gasteiger charge is 2.15. The summed E-state index contributed by atoms with van der Waals surface area (Å²) < 4.78 is 1.57. The smallest absolute Gasteiger partial charge is 0.209 e. The maximum Gasteiger partial charge on any atom is 0.209 e. The van der Waals surface area contributed by atoms with Crippen LogP contribution in [0.5, 0.6) is 0 Å². The lowest BCUT2D eigenvalue weighted by atomic mass is 9.93. The quantitative estimate of drug-likeness (QED) is 0.639. The van der Waals surface area contributed by atoms with Crippen LogP contribution in [-0.2, 0) is 7.05 Å². The van der Waals surface area contributed by atoms with Crippen molar-refractivity contribution in [2.24, 2.45) is 7.05 Å². The first-order valence-corrected chi connectivity index (χ1v) is 7.36. The Kier molecular flexibility index (Phi) is 4.23. The lowest BCUT2D eigenvalue weighted by Gasteiger charge is -2.13. The number of ketones is 1. The molecule has 1 aromatic carbocycles. The summed E-state index contributed by atoms with van der Waals surface area (Å²) in [4.78, 5) is 12.4. The van der Waals surface area contributed by atoms with E-state index in [4.69, 9.17) is 0 Å². The first-order chi connectivity index (χ1) is 9.41. The molecule has 5 nitrogen and oxygen atoms in total. The van der Waals surface area contributed by atoms with E-state index >= 15 is 0 Å². The SMILES string of the molecule is Cc1cc(C(=O)CSc2nnnn2C)c(C)c(C)c1C. The average Bonchev–Trinajstić information content (AvgIpc) is 2.83. The van der Waals surface area contributed by atoms with E-state index in [-0.39, 0.29) is 5.78 Å². The first kappa shape index (κ1) is 14.7. The molecule has 0 spiro atoms. The highest BCUT2D eigenvalue weighted by atomic mass is 32.2. The third-order valence-electron chi connectivity index (χ3n) is 3.70. The van der Waals surface area contributed by atoms with Crippen molar-refractivity contribution in [1.82, 2.24) is 20.2 Å². The second-order valence-electron chi connectivity index (χ2n) is 4.91. The van der Waals surface area contributed by atoms with Crippen LogP contribution in [-0.4, -0.2) is 31.7 Å². The van der Waals surface area contributed by atoms with Gasteiger partial charge in [0.25, 0.3) is 0 Å². The van der Waals surface area contributed by atoms with Crippen LogP contribution in [0.25, 0.3) is 0 Å². The predicted molar refractivity (Wildman–Crippen MR) is 79.2 cm³/mol. The molecule has 0 aliphatic rings.